The molecule has 0 N–H and O–H groups in total. The van der Waals surface area contributed by atoms with Gasteiger partial charge in [0.2, 0.25) is 0 Å². The first-order valence-corrected chi connectivity index (χ1v) is 23.9. The molecule has 1 atom stereocenters. The van der Waals surface area contributed by atoms with E-state index in [1.54, 1.807) is 0 Å². The fourth-order valence-electron chi connectivity index (χ4n) is 5.59. The number of alkyl halides is 1. The smallest absolute Gasteiger partial charge is 0.333 e. The van der Waals surface area contributed by atoms with E-state index in [1.165, 1.54) is 148 Å². The minimum atomic E-state index is -2.20. The SMILES string of the molecule is CCCCC/C=C\C/C=C\CCCCCCCCO[Si](C)(C)OC(CCCCCCC/C=C\CCCCCCCC)OCCCBr. The molecule has 0 aliphatic rings. The molecule has 0 heterocycles. The number of halogens is 1. The van der Waals surface area contributed by atoms with Crippen molar-refractivity contribution < 1.29 is 13.6 Å². The van der Waals surface area contributed by atoms with Crippen LogP contribution in [0.15, 0.2) is 36.5 Å². The summed E-state index contributed by atoms with van der Waals surface area (Å²) in [5, 5.41) is 0.970. The lowest BCUT2D eigenvalue weighted by molar-refractivity contribution is -0.103. The van der Waals surface area contributed by atoms with E-state index in [9.17, 15) is 0 Å². The predicted octanol–water partition coefficient (Wildman–Crippen LogP) is 14.7. The largest absolute Gasteiger partial charge is 0.394 e. The van der Waals surface area contributed by atoms with Gasteiger partial charge in [0.05, 0.1) is 6.61 Å². The lowest BCUT2D eigenvalue weighted by atomic mass is 10.1. The van der Waals surface area contributed by atoms with E-state index < -0.39 is 8.56 Å². The number of allylic oxidation sites excluding steroid dienone is 6. The summed E-state index contributed by atoms with van der Waals surface area (Å²) in [5.41, 5.74) is 0. The Morgan fingerprint density at radius 2 is 0.935 bits per heavy atom. The van der Waals surface area contributed by atoms with Crippen molar-refractivity contribution in [2.75, 3.05) is 18.5 Å². The van der Waals surface area contributed by atoms with Crippen LogP contribution in [-0.2, 0) is 13.6 Å². The van der Waals surface area contributed by atoms with E-state index in [-0.39, 0.29) is 6.29 Å². The van der Waals surface area contributed by atoms with Crippen LogP contribution < -0.4 is 0 Å². The minimum Gasteiger partial charge on any atom is -0.394 e. The summed E-state index contributed by atoms with van der Waals surface area (Å²) >= 11 is 3.53. The molecule has 0 spiro atoms. The van der Waals surface area contributed by atoms with Crippen LogP contribution in [0.5, 0.6) is 0 Å². The Balaban J connectivity index is 3.89. The first kappa shape index (κ1) is 45.8. The van der Waals surface area contributed by atoms with E-state index in [0.717, 1.165) is 44.2 Å². The number of rotatable bonds is 37. The molecule has 272 valence electrons. The van der Waals surface area contributed by atoms with E-state index in [2.05, 4.69) is 79.3 Å². The molecule has 0 fully saturated rings. The van der Waals surface area contributed by atoms with Crippen molar-refractivity contribution in [2.45, 2.75) is 207 Å². The first-order valence-electron chi connectivity index (χ1n) is 20.0. The third-order valence-electron chi connectivity index (χ3n) is 8.49. The highest BCUT2D eigenvalue weighted by atomic mass is 79.9. The zero-order valence-corrected chi connectivity index (χ0v) is 33.9. The van der Waals surface area contributed by atoms with Crippen LogP contribution in [0.2, 0.25) is 13.1 Å². The molecule has 1 unspecified atom stereocenters. The molecule has 0 amide bonds. The van der Waals surface area contributed by atoms with Gasteiger partial charge in [-0.1, -0.05) is 156 Å². The third-order valence-corrected chi connectivity index (χ3v) is 10.8. The van der Waals surface area contributed by atoms with Crippen LogP contribution >= 0.6 is 15.9 Å². The second-order valence-corrected chi connectivity index (χ2v) is 17.8. The Morgan fingerprint density at radius 3 is 1.48 bits per heavy atom. The highest BCUT2D eigenvalue weighted by Gasteiger charge is 2.29. The van der Waals surface area contributed by atoms with E-state index in [0.29, 0.717) is 0 Å². The lowest BCUT2D eigenvalue weighted by Crippen LogP contribution is -2.40. The predicted molar refractivity (Wildman–Crippen MR) is 211 cm³/mol. The van der Waals surface area contributed by atoms with Gasteiger partial charge in [-0.15, -0.1) is 0 Å². The van der Waals surface area contributed by atoms with Crippen molar-refractivity contribution in [3.63, 3.8) is 0 Å². The zero-order chi connectivity index (χ0) is 33.7. The lowest BCUT2D eigenvalue weighted by Gasteiger charge is -2.29. The van der Waals surface area contributed by atoms with Crippen molar-refractivity contribution in [2.24, 2.45) is 0 Å². The third kappa shape index (κ3) is 36.6. The van der Waals surface area contributed by atoms with Gasteiger partial charge in [0.1, 0.15) is 6.29 Å². The molecule has 0 aliphatic heterocycles. The average molecular weight is 728 g/mol. The highest BCUT2D eigenvalue weighted by Crippen LogP contribution is 2.19. The Hall–Kier alpha value is -0.203. The summed E-state index contributed by atoms with van der Waals surface area (Å²) in [5.74, 6) is 0. The van der Waals surface area contributed by atoms with Gasteiger partial charge in [-0.05, 0) is 96.6 Å². The summed E-state index contributed by atoms with van der Waals surface area (Å²) < 4.78 is 19.0. The summed E-state index contributed by atoms with van der Waals surface area (Å²) in [7, 11) is -2.20. The maximum Gasteiger partial charge on any atom is 0.333 e. The fraction of sp³-hybridized carbons (Fsp3) is 0.854. The molecule has 5 heteroatoms. The maximum absolute atomic E-state index is 6.49. The normalized spacial score (nSPS) is 13.2. The van der Waals surface area contributed by atoms with Gasteiger partial charge in [-0.25, -0.2) is 0 Å². The molecular weight excluding hydrogens is 648 g/mol. The maximum atomic E-state index is 6.49. The number of hydrogen-bond acceptors (Lipinski definition) is 3. The molecule has 0 aliphatic carbocycles. The van der Waals surface area contributed by atoms with Gasteiger partial charge in [0.15, 0.2) is 0 Å². The van der Waals surface area contributed by atoms with Crippen molar-refractivity contribution in [3.8, 4) is 0 Å². The van der Waals surface area contributed by atoms with Crippen LogP contribution in [0.3, 0.4) is 0 Å². The average Bonchev–Trinajstić information content (AvgIpc) is 3.04. The molecular formula is C41H79BrO3Si. The summed E-state index contributed by atoms with van der Waals surface area (Å²) in [4.78, 5) is 0. The topological polar surface area (TPSA) is 27.7 Å². The Kier molecular flexibility index (Phi) is 37.4. The summed E-state index contributed by atoms with van der Waals surface area (Å²) in [6.07, 6.45) is 48.5. The van der Waals surface area contributed by atoms with Crippen molar-refractivity contribution in [1.29, 1.82) is 0 Å². The van der Waals surface area contributed by atoms with E-state index >= 15 is 0 Å². The molecule has 0 rings (SSSR count). The van der Waals surface area contributed by atoms with Gasteiger partial charge in [-0.3, -0.25) is 0 Å². The molecule has 46 heavy (non-hydrogen) atoms. The molecule has 0 aromatic heterocycles. The van der Waals surface area contributed by atoms with Gasteiger partial charge >= 0.3 is 8.56 Å². The number of hydrogen-bond donors (Lipinski definition) is 0. The highest BCUT2D eigenvalue weighted by molar-refractivity contribution is 9.09. The van der Waals surface area contributed by atoms with Crippen LogP contribution in [0, 0.1) is 0 Å². The second kappa shape index (κ2) is 37.6. The summed E-state index contributed by atoms with van der Waals surface area (Å²) in [6, 6.07) is 0. The van der Waals surface area contributed by atoms with Gasteiger partial charge < -0.3 is 13.6 Å². The van der Waals surface area contributed by atoms with Crippen LogP contribution in [0.4, 0.5) is 0 Å². The minimum absolute atomic E-state index is 0.124. The Morgan fingerprint density at radius 1 is 0.500 bits per heavy atom. The quantitative estimate of drug-likeness (QED) is 0.0210. The molecule has 0 saturated heterocycles. The van der Waals surface area contributed by atoms with Gasteiger partial charge in [-0.2, -0.15) is 0 Å². The Bertz CT molecular complexity index is 679. The van der Waals surface area contributed by atoms with Gasteiger partial charge in [0, 0.05) is 11.9 Å². The standard InChI is InChI=1S/C41H79BrO3Si/c1-5-7-9-11-13-15-17-19-21-23-25-27-29-31-33-35-40-44-46(3,4)45-41(43-39-36-38-42)37-34-32-30-28-26-24-22-20-18-16-14-12-10-8-6-2/h13,15,19-22,41H,5-12,14,16-18,23-40H2,1-4H3/b15-13-,21-19-,22-20-. The molecule has 0 bridgehead atoms. The monoisotopic (exact) mass is 726 g/mol. The van der Waals surface area contributed by atoms with Crippen molar-refractivity contribution in [1.82, 2.24) is 0 Å². The van der Waals surface area contributed by atoms with Gasteiger partial charge in [0.25, 0.3) is 0 Å². The molecule has 0 aromatic carbocycles. The first-order chi connectivity index (χ1) is 22.6. The second-order valence-electron chi connectivity index (χ2n) is 13.7. The van der Waals surface area contributed by atoms with Crippen molar-refractivity contribution >= 4 is 24.5 Å². The van der Waals surface area contributed by atoms with Crippen LogP contribution in [0.1, 0.15) is 187 Å². The van der Waals surface area contributed by atoms with Crippen LogP contribution in [-0.4, -0.2) is 33.4 Å². The molecule has 3 nitrogen and oxygen atoms in total. The van der Waals surface area contributed by atoms with Crippen LogP contribution in [0.25, 0.3) is 0 Å². The van der Waals surface area contributed by atoms with Crippen molar-refractivity contribution in [3.05, 3.63) is 36.5 Å². The summed E-state index contributed by atoms with van der Waals surface area (Å²) in [6.45, 7) is 10.5. The Labute approximate surface area is 298 Å². The fourth-order valence-corrected chi connectivity index (χ4v) is 7.34. The van der Waals surface area contributed by atoms with E-state index in [1.807, 2.05) is 0 Å². The molecule has 0 radical (unpaired) electrons. The zero-order valence-electron chi connectivity index (χ0n) is 31.4. The number of unbranched alkanes of at least 4 members (excludes halogenated alkanes) is 20. The van der Waals surface area contributed by atoms with E-state index in [4.69, 9.17) is 13.6 Å². The molecule has 0 aromatic rings. The molecule has 0 saturated carbocycles. The number of ether oxygens (including phenoxy) is 1.